The molecule has 0 bridgehead atoms. The van der Waals surface area contributed by atoms with Gasteiger partial charge in [0, 0.05) is 12.7 Å². The molecule has 0 aliphatic rings. The zero-order chi connectivity index (χ0) is 7.56. The zero-order valence-corrected chi connectivity index (χ0v) is 5.96. The number of rotatable bonds is 1. The summed E-state index contributed by atoms with van der Waals surface area (Å²) in [7, 11) is 0. The molecule has 0 saturated carbocycles. The number of nitrogen functional groups attached to an aromatic ring is 1. The van der Waals surface area contributed by atoms with E-state index in [2.05, 4.69) is 4.98 Å². The molecule has 1 heterocycles. The lowest BCUT2D eigenvalue weighted by Crippen LogP contribution is -2.00. The molecule has 4 N–H and O–H groups in total. The number of nitrogens with zero attached hydrogens (tertiary/aromatic N) is 1. The molecule has 0 atom stereocenters. The summed E-state index contributed by atoms with van der Waals surface area (Å²) in [5.74, 6) is 0. The van der Waals surface area contributed by atoms with E-state index < -0.39 is 0 Å². The zero-order valence-electron chi connectivity index (χ0n) is 5.96. The van der Waals surface area contributed by atoms with Gasteiger partial charge in [-0.1, -0.05) is 0 Å². The highest BCUT2D eigenvalue weighted by molar-refractivity contribution is 5.43. The summed E-state index contributed by atoms with van der Waals surface area (Å²) in [4.78, 5) is 4.04. The smallest absolute Gasteiger partial charge is 0.0601 e. The summed E-state index contributed by atoms with van der Waals surface area (Å²) < 4.78 is 0. The van der Waals surface area contributed by atoms with E-state index in [9.17, 15) is 0 Å². The first-order valence-electron chi connectivity index (χ1n) is 3.15. The van der Waals surface area contributed by atoms with Gasteiger partial charge in [0.2, 0.25) is 0 Å². The molecule has 0 aromatic carbocycles. The largest absolute Gasteiger partial charge is 0.397 e. The highest BCUT2D eigenvalue weighted by Crippen LogP contribution is 2.08. The fraction of sp³-hybridized carbons (Fsp3) is 0.286. The molecule has 54 valence electrons. The van der Waals surface area contributed by atoms with Gasteiger partial charge in [0.05, 0.1) is 11.4 Å². The minimum absolute atomic E-state index is 0.498. The average Bonchev–Trinajstić information content (AvgIpc) is 1.95. The maximum Gasteiger partial charge on any atom is 0.0601 e. The van der Waals surface area contributed by atoms with Crippen molar-refractivity contribution in [3.8, 4) is 0 Å². The van der Waals surface area contributed by atoms with Gasteiger partial charge in [-0.15, -0.1) is 0 Å². The Morgan fingerprint density at radius 2 is 2.30 bits per heavy atom. The maximum atomic E-state index is 5.58. The SMILES string of the molecule is Cc1ncc(CN)cc1N. The Hall–Kier alpha value is -1.09. The summed E-state index contributed by atoms with van der Waals surface area (Å²) in [6.07, 6.45) is 1.74. The second-order valence-corrected chi connectivity index (χ2v) is 2.22. The van der Waals surface area contributed by atoms with Gasteiger partial charge < -0.3 is 11.5 Å². The predicted octanol–water partition coefficient (Wildman–Crippen LogP) is 0.431. The molecule has 10 heavy (non-hydrogen) atoms. The first kappa shape index (κ1) is 7.02. The minimum Gasteiger partial charge on any atom is -0.397 e. The van der Waals surface area contributed by atoms with Crippen LogP contribution in [-0.2, 0) is 6.54 Å². The fourth-order valence-corrected chi connectivity index (χ4v) is 0.707. The van der Waals surface area contributed by atoms with Gasteiger partial charge in [0.15, 0.2) is 0 Å². The van der Waals surface area contributed by atoms with Crippen LogP contribution in [0, 0.1) is 6.92 Å². The van der Waals surface area contributed by atoms with Crippen LogP contribution in [0.3, 0.4) is 0 Å². The number of nitrogens with two attached hydrogens (primary N) is 2. The third-order valence-electron chi connectivity index (χ3n) is 1.42. The lowest BCUT2D eigenvalue weighted by atomic mass is 10.2. The van der Waals surface area contributed by atoms with E-state index >= 15 is 0 Å². The van der Waals surface area contributed by atoms with E-state index in [4.69, 9.17) is 11.5 Å². The summed E-state index contributed by atoms with van der Waals surface area (Å²) in [6, 6.07) is 1.85. The number of hydrogen-bond donors (Lipinski definition) is 2. The molecular weight excluding hydrogens is 126 g/mol. The topological polar surface area (TPSA) is 64.9 Å². The Balaban J connectivity index is 3.04. The van der Waals surface area contributed by atoms with E-state index in [1.54, 1.807) is 6.20 Å². The van der Waals surface area contributed by atoms with Crippen molar-refractivity contribution < 1.29 is 0 Å². The van der Waals surface area contributed by atoms with Crippen molar-refractivity contribution in [3.05, 3.63) is 23.5 Å². The Kier molecular flexibility index (Phi) is 1.87. The minimum atomic E-state index is 0.498. The standard InChI is InChI=1S/C7H11N3/c1-5-7(9)2-6(3-8)4-10-5/h2,4H,3,8-9H2,1H3. The predicted molar refractivity (Wildman–Crippen MR) is 41.3 cm³/mol. The number of aryl methyl sites for hydroxylation is 1. The van der Waals surface area contributed by atoms with Crippen molar-refractivity contribution in [2.24, 2.45) is 5.73 Å². The van der Waals surface area contributed by atoms with Crippen LogP contribution in [0.25, 0.3) is 0 Å². The summed E-state index contributed by atoms with van der Waals surface area (Å²) in [5, 5.41) is 0. The van der Waals surface area contributed by atoms with Gasteiger partial charge in [-0.2, -0.15) is 0 Å². The van der Waals surface area contributed by atoms with E-state index in [1.165, 1.54) is 0 Å². The quantitative estimate of drug-likeness (QED) is 0.590. The Labute approximate surface area is 60.1 Å². The fourth-order valence-electron chi connectivity index (χ4n) is 0.707. The molecule has 3 nitrogen and oxygen atoms in total. The van der Waals surface area contributed by atoms with Crippen molar-refractivity contribution >= 4 is 5.69 Å². The normalized spacial score (nSPS) is 9.80. The molecule has 1 aromatic heterocycles. The number of pyridine rings is 1. The monoisotopic (exact) mass is 137 g/mol. The Morgan fingerprint density at radius 3 is 2.80 bits per heavy atom. The van der Waals surface area contributed by atoms with Crippen LogP contribution in [0.15, 0.2) is 12.3 Å². The van der Waals surface area contributed by atoms with Gasteiger partial charge in [-0.3, -0.25) is 4.98 Å². The van der Waals surface area contributed by atoms with Gasteiger partial charge in [-0.25, -0.2) is 0 Å². The van der Waals surface area contributed by atoms with Gasteiger partial charge in [0.25, 0.3) is 0 Å². The molecule has 0 aliphatic heterocycles. The molecular formula is C7H11N3. The van der Waals surface area contributed by atoms with E-state index in [-0.39, 0.29) is 0 Å². The van der Waals surface area contributed by atoms with Crippen molar-refractivity contribution in [2.75, 3.05) is 5.73 Å². The van der Waals surface area contributed by atoms with Gasteiger partial charge in [-0.05, 0) is 18.6 Å². The molecule has 0 aliphatic carbocycles. The van der Waals surface area contributed by atoms with Gasteiger partial charge in [0.1, 0.15) is 0 Å². The molecule has 0 unspecified atom stereocenters. The van der Waals surface area contributed by atoms with Crippen molar-refractivity contribution in [1.82, 2.24) is 4.98 Å². The third kappa shape index (κ3) is 1.25. The van der Waals surface area contributed by atoms with Crippen LogP contribution in [0.4, 0.5) is 5.69 Å². The van der Waals surface area contributed by atoms with Crippen LogP contribution in [0.5, 0.6) is 0 Å². The highest BCUT2D eigenvalue weighted by Gasteiger charge is 1.94. The van der Waals surface area contributed by atoms with Crippen molar-refractivity contribution in [1.29, 1.82) is 0 Å². The van der Waals surface area contributed by atoms with Crippen LogP contribution in [0.2, 0.25) is 0 Å². The van der Waals surface area contributed by atoms with Gasteiger partial charge >= 0.3 is 0 Å². The lowest BCUT2D eigenvalue weighted by molar-refractivity contribution is 1.04. The molecule has 0 fully saturated rings. The average molecular weight is 137 g/mol. The highest BCUT2D eigenvalue weighted by atomic mass is 14.7. The Morgan fingerprint density at radius 1 is 1.60 bits per heavy atom. The third-order valence-corrected chi connectivity index (χ3v) is 1.42. The number of aromatic nitrogens is 1. The Bertz CT molecular complexity index is 232. The van der Waals surface area contributed by atoms with Crippen LogP contribution >= 0.6 is 0 Å². The summed E-state index contributed by atoms with van der Waals surface area (Å²) in [5.41, 5.74) is 13.5. The number of hydrogen-bond acceptors (Lipinski definition) is 3. The first-order chi connectivity index (χ1) is 4.74. The van der Waals surface area contributed by atoms with E-state index in [0.717, 1.165) is 11.3 Å². The van der Waals surface area contributed by atoms with Crippen LogP contribution in [0.1, 0.15) is 11.3 Å². The first-order valence-corrected chi connectivity index (χ1v) is 3.15. The maximum absolute atomic E-state index is 5.58. The molecule has 0 radical (unpaired) electrons. The lowest BCUT2D eigenvalue weighted by Gasteiger charge is -2.00. The summed E-state index contributed by atoms with van der Waals surface area (Å²) in [6.45, 7) is 2.37. The molecule has 1 rings (SSSR count). The van der Waals surface area contributed by atoms with E-state index in [0.29, 0.717) is 12.2 Å². The molecule has 0 spiro atoms. The molecule has 3 heteroatoms. The molecule has 0 amide bonds. The molecule has 1 aromatic rings. The van der Waals surface area contributed by atoms with Crippen LogP contribution in [-0.4, -0.2) is 4.98 Å². The summed E-state index contributed by atoms with van der Waals surface area (Å²) >= 11 is 0. The van der Waals surface area contributed by atoms with Crippen molar-refractivity contribution in [2.45, 2.75) is 13.5 Å². The second-order valence-electron chi connectivity index (χ2n) is 2.22. The number of anilines is 1. The molecule has 0 saturated heterocycles. The van der Waals surface area contributed by atoms with Crippen LogP contribution < -0.4 is 11.5 Å². The van der Waals surface area contributed by atoms with E-state index in [1.807, 2.05) is 13.0 Å². The second kappa shape index (κ2) is 2.66. The van der Waals surface area contributed by atoms with Crippen molar-refractivity contribution in [3.63, 3.8) is 0 Å².